The minimum Gasteiger partial charge on any atom is -0.345 e. The number of hydrogen-bond donors (Lipinski definition) is 1. The van der Waals surface area contributed by atoms with E-state index in [1.54, 1.807) is 30.6 Å². The number of amides is 1. The van der Waals surface area contributed by atoms with Crippen LogP contribution in [0.5, 0.6) is 0 Å². The van der Waals surface area contributed by atoms with E-state index in [9.17, 15) is 4.79 Å². The lowest BCUT2D eigenvalue weighted by atomic mass is 10.1. The second kappa shape index (κ2) is 6.04. The molecule has 1 aromatic carbocycles. The standard InChI is InChI=1S/C14H12Cl2N2O/c1-9(10-3-2-4-17-8-10)18-14(19)11-5-12(15)7-13(16)6-11/h2-9H,1H3,(H,18,19). The maximum absolute atomic E-state index is 12.1. The average molecular weight is 295 g/mol. The van der Waals surface area contributed by atoms with E-state index < -0.39 is 0 Å². The Bertz CT molecular complexity index is 567. The molecule has 1 heterocycles. The molecule has 0 spiro atoms. The van der Waals surface area contributed by atoms with Crippen molar-refractivity contribution in [3.63, 3.8) is 0 Å². The largest absolute Gasteiger partial charge is 0.345 e. The number of pyridine rings is 1. The van der Waals surface area contributed by atoms with E-state index in [4.69, 9.17) is 23.2 Å². The average Bonchev–Trinajstić information content (AvgIpc) is 2.38. The molecule has 0 aliphatic carbocycles. The Morgan fingerprint density at radius 3 is 2.53 bits per heavy atom. The SMILES string of the molecule is CC(NC(=O)c1cc(Cl)cc(Cl)c1)c1cccnc1. The normalized spacial score (nSPS) is 11.9. The van der Waals surface area contributed by atoms with E-state index in [0.29, 0.717) is 15.6 Å². The molecule has 1 atom stereocenters. The third kappa shape index (κ3) is 3.69. The first kappa shape index (κ1) is 13.8. The summed E-state index contributed by atoms with van der Waals surface area (Å²) in [7, 11) is 0. The Balaban J connectivity index is 2.13. The van der Waals surface area contributed by atoms with Crippen molar-refractivity contribution in [2.45, 2.75) is 13.0 Å². The van der Waals surface area contributed by atoms with Crippen LogP contribution in [-0.4, -0.2) is 10.9 Å². The molecule has 0 saturated heterocycles. The molecule has 1 aromatic heterocycles. The zero-order valence-corrected chi connectivity index (χ0v) is 11.7. The monoisotopic (exact) mass is 294 g/mol. The van der Waals surface area contributed by atoms with Gasteiger partial charge in [-0.05, 0) is 36.8 Å². The Hall–Kier alpha value is -1.58. The van der Waals surface area contributed by atoms with E-state index in [0.717, 1.165) is 5.56 Å². The first-order chi connectivity index (χ1) is 9.06. The quantitative estimate of drug-likeness (QED) is 0.933. The van der Waals surface area contributed by atoms with Crippen molar-refractivity contribution in [2.75, 3.05) is 0 Å². The molecule has 0 radical (unpaired) electrons. The fraction of sp³-hybridized carbons (Fsp3) is 0.143. The summed E-state index contributed by atoms with van der Waals surface area (Å²) < 4.78 is 0. The summed E-state index contributed by atoms with van der Waals surface area (Å²) >= 11 is 11.7. The van der Waals surface area contributed by atoms with Gasteiger partial charge < -0.3 is 5.32 Å². The molecule has 1 N–H and O–H groups in total. The zero-order valence-electron chi connectivity index (χ0n) is 10.2. The third-order valence-electron chi connectivity index (χ3n) is 2.66. The van der Waals surface area contributed by atoms with Gasteiger partial charge in [-0.25, -0.2) is 0 Å². The zero-order chi connectivity index (χ0) is 13.8. The van der Waals surface area contributed by atoms with Crippen LogP contribution in [0.4, 0.5) is 0 Å². The van der Waals surface area contributed by atoms with Gasteiger partial charge in [-0.2, -0.15) is 0 Å². The minimum absolute atomic E-state index is 0.140. The fourth-order valence-electron chi connectivity index (χ4n) is 1.68. The van der Waals surface area contributed by atoms with Crippen molar-refractivity contribution >= 4 is 29.1 Å². The molecule has 3 nitrogen and oxygen atoms in total. The van der Waals surface area contributed by atoms with E-state index in [1.165, 1.54) is 0 Å². The molecule has 0 aliphatic rings. The summed E-state index contributed by atoms with van der Waals surface area (Å²) in [5, 5.41) is 3.74. The third-order valence-corrected chi connectivity index (χ3v) is 3.09. The number of nitrogens with zero attached hydrogens (tertiary/aromatic N) is 1. The van der Waals surface area contributed by atoms with Crippen molar-refractivity contribution in [3.05, 3.63) is 63.9 Å². The second-order valence-corrected chi connectivity index (χ2v) is 5.01. The van der Waals surface area contributed by atoms with E-state index in [1.807, 2.05) is 19.1 Å². The number of carbonyl (C=O) groups is 1. The number of nitrogens with one attached hydrogen (secondary N) is 1. The van der Waals surface area contributed by atoms with E-state index in [-0.39, 0.29) is 11.9 Å². The maximum Gasteiger partial charge on any atom is 0.251 e. The maximum atomic E-state index is 12.1. The number of aromatic nitrogens is 1. The first-order valence-electron chi connectivity index (χ1n) is 5.73. The molecule has 1 amide bonds. The molecule has 1 unspecified atom stereocenters. The van der Waals surface area contributed by atoms with Crippen molar-refractivity contribution in [2.24, 2.45) is 0 Å². The van der Waals surface area contributed by atoms with Crippen molar-refractivity contribution < 1.29 is 4.79 Å². The minimum atomic E-state index is -0.222. The summed E-state index contributed by atoms with van der Waals surface area (Å²) in [6.07, 6.45) is 3.41. The Labute approximate surface area is 121 Å². The Kier molecular flexibility index (Phi) is 4.40. The molecule has 5 heteroatoms. The lowest BCUT2D eigenvalue weighted by Gasteiger charge is -2.14. The lowest BCUT2D eigenvalue weighted by molar-refractivity contribution is 0.0940. The van der Waals surface area contributed by atoms with Crippen LogP contribution in [0.25, 0.3) is 0 Å². The highest BCUT2D eigenvalue weighted by molar-refractivity contribution is 6.35. The van der Waals surface area contributed by atoms with Gasteiger partial charge in [0.1, 0.15) is 0 Å². The van der Waals surface area contributed by atoms with Crippen LogP contribution in [0.2, 0.25) is 10.0 Å². The number of hydrogen-bond acceptors (Lipinski definition) is 2. The Morgan fingerprint density at radius 1 is 1.26 bits per heavy atom. The molecule has 0 fully saturated rings. The molecule has 0 aliphatic heterocycles. The fourth-order valence-corrected chi connectivity index (χ4v) is 2.21. The van der Waals surface area contributed by atoms with E-state index in [2.05, 4.69) is 10.3 Å². The molecule has 19 heavy (non-hydrogen) atoms. The van der Waals surface area contributed by atoms with Gasteiger partial charge in [-0.3, -0.25) is 9.78 Å². The van der Waals surface area contributed by atoms with Gasteiger partial charge in [0.2, 0.25) is 0 Å². The van der Waals surface area contributed by atoms with Gasteiger partial charge in [0.15, 0.2) is 0 Å². The molecular weight excluding hydrogens is 283 g/mol. The number of benzene rings is 1. The van der Waals surface area contributed by atoms with Crippen molar-refractivity contribution in [3.8, 4) is 0 Å². The summed E-state index contributed by atoms with van der Waals surface area (Å²) in [6.45, 7) is 1.89. The smallest absolute Gasteiger partial charge is 0.251 e. The van der Waals surface area contributed by atoms with Crippen molar-refractivity contribution in [1.82, 2.24) is 10.3 Å². The van der Waals surface area contributed by atoms with Crippen LogP contribution in [0.15, 0.2) is 42.7 Å². The highest BCUT2D eigenvalue weighted by Gasteiger charge is 2.12. The van der Waals surface area contributed by atoms with Gasteiger partial charge in [-0.1, -0.05) is 29.3 Å². The van der Waals surface area contributed by atoms with Crippen LogP contribution < -0.4 is 5.32 Å². The number of carbonyl (C=O) groups excluding carboxylic acids is 1. The Morgan fingerprint density at radius 2 is 1.95 bits per heavy atom. The molecule has 98 valence electrons. The van der Waals surface area contributed by atoms with Crippen LogP contribution >= 0.6 is 23.2 Å². The molecule has 0 bridgehead atoms. The molecule has 2 rings (SSSR count). The molecular formula is C14H12Cl2N2O. The summed E-state index contributed by atoms with van der Waals surface area (Å²) in [5.74, 6) is -0.222. The summed E-state index contributed by atoms with van der Waals surface area (Å²) in [6, 6.07) is 8.35. The molecule has 2 aromatic rings. The lowest BCUT2D eigenvalue weighted by Crippen LogP contribution is -2.26. The van der Waals surface area contributed by atoms with Crippen LogP contribution in [-0.2, 0) is 0 Å². The first-order valence-corrected chi connectivity index (χ1v) is 6.49. The number of rotatable bonds is 3. The second-order valence-electron chi connectivity index (χ2n) is 4.14. The highest BCUT2D eigenvalue weighted by atomic mass is 35.5. The topological polar surface area (TPSA) is 42.0 Å². The molecule has 0 saturated carbocycles. The number of halogens is 2. The summed E-state index contributed by atoms with van der Waals surface area (Å²) in [4.78, 5) is 16.1. The van der Waals surface area contributed by atoms with Gasteiger partial charge in [0.05, 0.1) is 6.04 Å². The van der Waals surface area contributed by atoms with Gasteiger partial charge >= 0.3 is 0 Å². The van der Waals surface area contributed by atoms with Crippen LogP contribution in [0, 0.1) is 0 Å². The predicted octanol–water partition coefficient (Wildman–Crippen LogP) is 3.88. The van der Waals surface area contributed by atoms with Crippen molar-refractivity contribution in [1.29, 1.82) is 0 Å². The van der Waals surface area contributed by atoms with Crippen LogP contribution in [0.1, 0.15) is 28.9 Å². The van der Waals surface area contributed by atoms with Gasteiger partial charge in [0.25, 0.3) is 5.91 Å². The van der Waals surface area contributed by atoms with Gasteiger partial charge in [-0.15, -0.1) is 0 Å². The van der Waals surface area contributed by atoms with Crippen LogP contribution in [0.3, 0.4) is 0 Å². The predicted molar refractivity (Wildman–Crippen MR) is 76.6 cm³/mol. The van der Waals surface area contributed by atoms with Gasteiger partial charge in [0, 0.05) is 28.0 Å². The highest BCUT2D eigenvalue weighted by Crippen LogP contribution is 2.20. The summed E-state index contributed by atoms with van der Waals surface area (Å²) in [5.41, 5.74) is 1.37. The van der Waals surface area contributed by atoms with E-state index >= 15 is 0 Å².